The number of carbonyl (C=O) groups is 1. The molecule has 1 aliphatic rings. The summed E-state index contributed by atoms with van der Waals surface area (Å²) in [6.07, 6.45) is 1.62. The SMILES string of the molecule is CC1=CC(=O)N(CCO)[C@H]1c1ccc(Cl)cc1. The Labute approximate surface area is 105 Å². The van der Waals surface area contributed by atoms with E-state index >= 15 is 0 Å². The largest absolute Gasteiger partial charge is 0.395 e. The van der Waals surface area contributed by atoms with Crippen LogP contribution in [0.1, 0.15) is 18.5 Å². The Bertz CT molecular complexity index is 453. The van der Waals surface area contributed by atoms with E-state index in [-0.39, 0.29) is 18.6 Å². The van der Waals surface area contributed by atoms with Crippen LogP contribution in [0.2, 0.25) is 5.02 Å². The van der Waals surface area contributed by atoms with Crippen LogP contribution < -0.4 is 0 Å². The quantitative estimate of drug-likeness (QED) is 0.894. The van der Waals surface area contributed by atoms with Crippen molar-refractivity contribution in [2.75, 3.05) is 13.2 Å². The first-order chi connectivity index (χ1) is 8.13. The van der Waals surface area contributed by atoms with Gasteiger partial charge in [0.05, 0.1) is 12.6 Å². The summed E-state index contributed by atoms with van der Waals surface area (Å²) >= 11 is 5.85. The van der Waals surface area contributed by atoms with Crippen molar-refractivity contribution < 1.29 is 9.90 Å². The topological polar surface area (TPSA) is 40.5 Å². The smallest absolute Gasteiger partial charge is 0.247 e. The molecule has 0 saturated carbocycles. The minimum atomic E-state index is -0.0769. The van der Waals surface area contributed by atoms with E-state index in [1.807, 2.05) is 31.2 Å². The van der Waals surface area contributed by atoms with Gasteiger partial charge in [-0.2, -0.15) is 0 Å². The summed E-state index contributed by atoms with van der Waals surface area (Å²) in [5.74, 6) is -0.0449. The fourth-order valence-corrected chi connectivity index (χ4v) is 2.29. The number of aliphatic hydroxyl groups is 1. The van der Waals surface area contributed by atoms with Gasteiger partial charge < -0.3 is 10.0 Å². The molecule has 0 aromatic heterocycles. The second-order valence-corrected chi connectivity index (χ2v) is 4.53. The molecule has 0 radical (unpaired) electrons. The van der Waals surface area contributed by atoms with E-state index in [0.717, 1.165) is 11.1 Å². The molecule has 1 aromatic rings. The van der Waals surface area contributed by atoms with Gasteiger partial charge in [0.2, 0.25) is 5.91 Å². The van der Waals surface area contributed by atoms with E-state index in [1.54, 1.807) is 11.0 Å². The summed E-state index contributed by atoms with van der Waals surface area (Å²) < 4.78 is 0. The fraction of sp³-hybridized carbons (Fsp3) is 0.308. The summed E-state index contributed by atoms with van der Waals surface area (Å²) in [5.41, 5.74) is 2.01. The number of hydrogen-bond acceptors (Lipinski definition) is 2. The highest BCUT2D eigenvalue weighted by Crippen LogP contribution is 2.33. The third-order valence-electron chi connectivity index (χ3n) is 2.90. The molecule has 0 unspecified atom stereocenters. The standard InChI is InChI=1S/C13H14ClNO2/c1-9-8-12(17)15(6-7-16)13(9)10-2-4-11(14)5-3-10/h2-5,8,13,16H,6-7H2,1H3/t13-/m1/s1. The highest BCUT2D eigenvalue weighted by Gasteiger charge is 2.30. The van der Waals surface area contributed by atoms with E-state index in [9.17, 15) is 4.79 Å². The summed E-state index contributed by atoms with van der Waals surface area (Å²) in [6, 6.07) is 7.36. The van der Waals surface area contributed by atoms with Crippen LogP contribution in [-0.4, -0.2) is 29.1 Å². The minimum absolute atomic E-state index is 0.0308. The Balaban J connectivity index is 2.31. The van der Waals surface area contributed by atoms with Gasteiger partial charge in [0.1, 0.15) is 0 Å². The third-order valence-corrected chi connectivity index (χ3v) is 3.16. The number of nitrogens with zero attached hydrogens (tertiary/aromatic N) is 1. The van der Waals surface area contributed by atoms with E-state index in [4.69, 9.17) is 16.7 Å². The Morgan fingerprint density at radius 1 is 1.35 bits per heavy atom. The number of aliphatic hydroxyl groups excluding tert-OH is 1. The Kier molecular flexibility index (Phi) is 3.50. The average molecular weight is 252 g/mol. The number of rotatable bonds is 3. The van der Waals surface area contributed by atoms with Crippen molar-refractivity contribution >= 4 is 17.5 Å². The van der Waals surface area contributed by atoms with Gasteiger partial charge in [-0.25, -0.2) is 0 Å². The van der Waals surface area contributed by atoms with Crippen molar-refractivity contribution in [2.24, 2.45) is 0 Å². The molecule has 90 valence electrons. The van der Waals surface area contributed by atoms with Crippen molar-refractivity contribution in [2.45, 2.75) is 13.0 Å². The second-order valence-electron chi connectivity index (χ2n) is 4.10. The maximum atomic E-state index is 11.7. The number of benzene rings is 1. The summed E-state index contributed by atoms with van der Waals surface area (Å²) in [7, 11) is 0. The molecule has 2 rings (SSSR count). The lowest BCUT2D eigenvalue weighted by atomic mass is 10.0. The van der Waals surface area contributed by atoms with E-state index in [2.05, 4.69) is 0 Å². The van der Waals surface area contributed by atoms with E-state index in [1.165, 1.54) is 0 Å². The molecule has 0 bridgehead atoms. The third kappa shape index (κ3) is 2.35. The van der Waals surface area contributed by atoms with E-state index in [0.29, 0.717) is 11.6 Å². The molecule has 1 aliphatic heterocycles. The first kappa shape index (κ1) is 12.1. The highest BCUT2D eigenvalue weighted by atomic mass is 35.5. The molecule has 0 fully saturated rings. The zero-order valence-electron chi connectivity index (χ0n) is 9.56. The van der Waals surface area contributed by atoms with Crippen LogP contribution in [0.5, 0.6) is 0 Å². The number of carbonyl (C=O) groups excluding carboxylic acids is 1. The van der Waals surface area contributed by atoms with Gasteiger partial charge in [0.25, 0.3) is 0 Å². The van der Waals surface area contributed by atoms with Crippen LogP contribution in [0.15, 0.2) is 35.9 Å². The molecule has 4 heteroatoms. The van der Waals surface area contributed by atoms with Gasteiger partial charge in [0.15, 0.2) is 0 Å². The van der Waals surface area contributed by atoms with Crippen LogP contribution >= 0.6 is 11.6 Å². The molecular formula is C13H14ClNO2. The summed E-state index contributed by atoms with van der Waals surface area (Å²) in [6.45, 7) is 2.24. The minimum Gasteiger partial charge on any atom is -0.395 e. The van der Waals surface area contributed by atoms with Gasteiger partial charge >= 0.3 is 0 Å². The molecule has 1 amide bonds. The number of β-amino-alcohol motifs (C(OH)–C–C–N with tert-alkyl or cyclic N) is 1. The molecule has 1 atom stereocenters. The summed E-state index contributed by atoms with van der Waals surface area (Å²) in [5, 5.41) is 9.68. The maximum Gasteiger partial charge on any atom is 0.247 e. The van der Waals surface area contributed by atoms with Crippen LogP contribution in [-0.2, 0) is 4.79 Å². The predicted octanol–water partition coefficient (Wildman–Crippen LogP) is 2.16. The molecule has 1 heterocycles. The lowest BCUT2D eigenvalue weighted by Gasteiger charge is -2.26. The maximum absolute atomic E-state index is 11.7. The summed E-state index contributed by atoms with van der Waals surface area (Å²) in [4.78, 5) is 13.4. The highest BCUT2D eigenvalue weighted by molar-refractivity contribution is 6.30. The predicted molar refractivity (Wildman–Crippen MR) is 66.7 cm³/mol. The fourth-order valence-electron chi connectivity index (χ4n) is 2.16. The molecule has 0 aliphatic carbocycles. The normalized spacial score (nSPS) is 19.7. The Hall–Kier alpha value is -1.32. The van der Waals surface area contributed by atoms with Gasteiger partial charge in [-0.3, -0.25) is 4.79 Å². The molecule has 0 spiro atoms. The Morgan fingerprint density at radius 2 is 2.00 bits per heavy atom. The van der Waals surface area contributed by atoms with E-state index < -0.39 is 0 Å². The van der Waals surface area contributed by atoms with Gasteiger partial charge in [-0.1, -0.05) is 23.7 Å². The van der Waals surface area contributed by atoms with Crippen molar-refractivity contribution in [1.29, 1.82) is 0 Å². The molecular weight excluding hydrogens is 238 g/mol. The van der Waals surface area contributed by atoms with Crippen molar-refractivity contribution in [3.8, 4) is 0 Å². The zero-order valence-corrected chi connectivity index (χ0v) is 10.3. The van der Waals surface area contributed by atoms with Crippen molar-refractivity contribution in [3.63, 3.8) is 0 Å². The van der Waals surface area contributed by atoms with Gasteiger partial charge in [-0.05, 0) is 30.2 Å². The number of halogens is 1. The molecule has 0 saturated heterocycles. The second kappa shape index (κ2) is 4.90. The van der Waals surface area contributed by atoms with Crippen molar-refractivity contribution in [3.05, 3.63) is 46.5 Å². The molecule has 1 aromatic carbocycles. The average Bonchev–Trinajstić information content (AvgIpc) is 2.56. The first-order valence-electron chi connectivity index (χ1n) is 5.48. The lowest BCUT2D eigenvalue weighted by Crippen LogP contribution is -2.31. The molecule has 3 nitrogen and oxygen atoms in total. The Morgan fingerprint density at radius 3 is 2.59 bits per heavy atom. The van der Waals surface area contributed by atoms with Gasteiger partial charge in [-0.15, -0.1) is 0 Å². The van der Waals surface area contributed by atoms with Crippen LogP contribution in [0.25, 0.3) is 0 Å². The van der Waals surface area contributed by atoms with Crippen LogP contribution in [0.4, 0.5) is 0 Å². The van der Waals surface area contributed by atoms with Crippen LogP contribution in [0.3, 0.4) is 0 Å². The zero-order chi connectivity index (χ0) is 12.4. The lowest BCUT2D eigenvalue weighted by molar-refractivity contribution is -0.126. The number of amides is 1. The molecule has 1 N–H and O–H groups in total. The first-order valence-corrected chi connectivity index (χ1v) is 5.86. The molecule has 17 heavy (non-hydrogen) atoms. The van der Waals surface area contributed by atoms with Crippen molar-refractivity contribution in [1.82, 2.24) is 4.90 Å². The van der Waals surface area contributed by atoms with Crippen LogP contribution in [0, 0.1) is 0 Å². The number of hydrogen-bond donors (Lipinski definition) is 1. The van der Waals surface area contributed by atoms with Gasteiger partial charge in [0, 0.05) is 17.6 Å². The monoisotopic (exact) mass is 251 g/mol.